The average Bonchev–Trinajstić information content (AvgIpc) is 3.23. The maximum Gasteiger partial charge on any atom is 0.240 e. The van der Waals surface area contributed by atoms with Gasteiger partial charge in [-0.25, -0.2) is 4.98 Å². The van der Waals surface area contributed by atoms with Gasteiger partial charge in [0, 0.05) is 17.0 Å². The maximum atomic E-state index is 11.9. The van der Waals surface area contributed by atoms with Crippen LogP contribution >= 0.6 is 11.3 Å². The third kappa shape index (κ3) is 4.06. The number of hydrogen-bond donors (Lipinski definition) is 2. The Bertz CT molecular complexity index is 813. The van der Waals surface area contributed by atoms with Crippen molar-refractivity contribution in [3.8, 4) is 11.3 Å². The lowest BCUT2D eigenvalue weighted by atomic mass is 10.2. The molecule has 24 heavy (non-hydrogen) atoms. The van der Waals surface area contributed by atoms with Crippen molar-refractivity contribution < 1.29 is 9.32 Å². The van der Waals surface area contributed by atoms with Gasteiger partial charge in [0.2, 0.25) is 11.8 Å². The molecule has 0 aliphatic carbocycles. The lowest BCUT2D eigenvalue weighted by Crippen LogP contribution is -2.30. The van der Waals surface area contributed by atoms with Gasteiger partial charge in [0.15, 0.2) is 0 Å². The van der Waals surface area contributed by atoms with E-state index in [9.17, 15) is 4.79 Å². The number of carbonyl (C=O) groups excluding carboxylic acids is 1. The van der Waals surface area contributed by atoms with Crippen molar-refractivity contribution in [2.75, 3.05) is 11.9 Å². The van der Waals surface area contributed by atoms with Gasteiger partial charge in [0.1, 0.15) is 5.01 Å². The first-order chi connectivity index (χ1) is 11.6. The van der Waals surface area contributed by atoms with Gasteiger partial charge in [-0.2, -0.15) is 0 Å². The summed E-state index contributed by atoms with van der Waals surface area (Å²) in [7, 11) is 0. The Morgan fingerprint density at radius 1 is 1.33 bits per heavy atom. The molecular formula is C17H18N4O2S. The number of benzene rings is 1. The van der Waals surface area contributed by atoms with E-state index in [1.165, 1.54) is 0 Å². The summed E-state index contributed by atoms with van der Waals surface area (Å²) in [6.07, 6.45) is 0. The van der Waals surface area contributed by atoms with Crippen molar-refractivity contribution in [2.45, 2.75) is 19.9 Å². The molecule has 1 aromatic carbocycles. The van der Waals surface area contributed by atoms with E-state index in [-0.39, 0.29) is 18.5 Å². The van der Waals surface area contributed by atoms with Gasteiger partial charge in [0.05, 0.1) is 24.0 Å². The van der Waals surface area contributed by atoms with Gasteiger partial charge in [-0.15, -0.1) is 11.3 Å². The number of aryl methyl sites for hydroxylation is 1. The minimum absolute atomic E-state index is 0.0188. The second-order valence-corrected chi connectivity index (χ2v) is 6.31. The van der Waals surface area contributed by atoms with Crippen LogP contribution in [0, 0.1) is 6.92 Å². The Labute approximate surface area is 143 Å². The smallest absolute Gasteiger partial charge is 0.240 e. The monoisotopic (exact) mass is 342 g/mol. The molecule has 0 radical (unpaired) electrons. The highest BCUT2D eigenvalue weighted by Crippen LogP contribution is 2.25. The number of nitrogens with one attached hydrogen (secondary N) is 2. The molecule has 6 nitrogen and oxygen atoms in total. The third-order valence-corrected chi connectivity index (χ3v) is 4.45. The van der Waals surface area contributed by atoms with Crippen molar-refractivity contribution in [1.82, 2.24) is 15.5 Å². The summed E-state index contributed by atoms with van der Waals surface area (Å²) in [6, 6.07) is 11.7. The first-order valence-electron chi connectivity index (χ1n) is 7.59. The number of hydrogen-bond acceptors (Lipinski definition) is 6. The Morgan fingerprint density at radius 3 is 2.83 bits per heavy atom. The summed E-state index contributed by atoms with van der Waals surface area (Å²) in [5.41, 5.74) is 2.76. The number of rotatable bonds is 6. The molecule has 0 fully saturated rings. The molecule has 2 aromatic heterocycles. The van der Waals surface area contributed by atoms with E-state index in [4.69, 9.17) is 4.52 Å². The lowest BCUT2D eigenvalue weighted by molar-refractivity contribution is -0.115. The van der Waals surface area contributed by atoms with E-state index in [1.807, 2.05) is 42.6 Å². The van der Waals surface area contributed by atoms with Gasteiger partial charge < -0.3 is 4.52 Å². The van der Waals surface area contributed by atoms with Crippen LogP contribution in [0.4, 0.5) is 5.88 Å². The predicted octanol–water partition coefficient (Wildman–Crippen LogP) is 3.40. The van der Waals surface area contributed by atoms with Crippen LogP contribution in [0.1, 0.15) is 23.7 Å². The molecule has 0 bridgehead atoms. The zero-order valence-electron chi connectivity index (χ0n) is 13.4. The van der Waals surface area contributed by atoms with Crippen LogP contribution < -0.4 is 10.6 Å². The second-order valence-electron chi connectivity index (χ2n) is 5.42. The molecule has 3 rings (SSSR count). The zero-order chi connectivity index (χ0) is 16.9. The second kappa shape index (κ2) is 7.37. The van der Waals surface area contributed by atoms with Crippen molar-refractivity contribution in [2.24, 2.45) is 0 Å². The Kier molecular flexibility index (Phi) is 5.02. The molecule has 0 aliphatic heterocycles. The Balaban J connectivity index is 1.54. The molecular weight excluding hydrogens is 324 g/mol. The molecule has 2 N–H and O–H groups in total. The molecule has 124 valence electrons. The van der Waals surface area contributed by atoms with Gasteiger partial charge in [0.25, 0.3) is 0 Å². The minimum atomic E-state index is -0.183. The van der Waals surface area contributed by atoms with Gasteiger partial charge >= 0.3 is 0 Å². The quantitative estimate of drug-likeness (QED) is 0.718. The zero-order valence-corrected chi connectivity index (χ0v) is 14.3. The summed E-state index contributed by atoms with van der Waals surface area (Å²) in [6.45, 7) is 3.95. The maximum absolute atomic E-state index is 11.9. The van der Waals surface area contributed by atoms with Crippen LogP contribution in [-0.4, -0.2) is 22.6 Å². The molecule has 0 aliphatic rings. The fourth-order valence-corrected chi connectivity index (χ4v) is 3.02. The standard InChI is InChI=1S/C17H18N4O2S/c1-11-8-16(23-21-11)20-15(22)9-18-12(2)17-19-14(10-24-17)13-6-4-3-5-7-13/h3-8,10,12,18H,9H2,1-2H3,(H,20,22). The highest BCUT2D eigenvalue weighted by molar-refractivity contribution is 7.10. The van der Waals surface area contributed by atoms with Crippen molar-refractivity contribution in [3.63, 3.8) is 0 Å². The summed E-state index contributed by atoms with van der Waals surface area (Å²) in [5.74, 6) is 0.172. The van der Waals surface area contributed by atoms with E-state index < -0.39 is 0 Å². The number of aromatic nitrogens is 2. The summed E-state index contributed by atoms with van der Waals surface area (Å²) < 4.78 is 4.96. The normalized spacial score (nSPS) is 12.1. The first-order valence-corrected chi connectivity index (χ1v) is 8.47. The number of thiazole rings is 1. The molecule has 1 amide bonds. The number of carbonyl (C=O) groups is 1. The molecule has 2 heterocycles. The molecule has 0 saturated carbocycles. The van der Waals surface area contributed by atoms with E-state index >= 15 is 0 Å². The topological polar surface area (TPSA) is 80.0 Å². The fraction of sp³-hybridized carbons (Fsp3) is 0.235. The third-order valence-electron chi connectivity index (χ3n) is 3.42. The summed E-state index contributed by atoms with van der Waals surface area (Å²) >= 11 is 1.58. The molecule has 1 atom stereocenters. The van der Waals surface area contributed by atoms with Crippen LogP contribution in [-0.2, 0) is 4.79 Å². The van der Waals surface area contributed by atoms with Crippen LogP contribution in [0.2, 0.25) is 0 Å². The highest BCUT2D eigenvalue weighted by Gasteiger charge is 2.13. The minimum Gasteiger partial charge on any atom is -0.338 e. The fourth-order valence-electron chi connectivity index (χ4n) is 2.17. The summed E-state index contributed by atoms with van der Waals surface area (Å²) in [5, 5.41) is 12.5. The first kappa shape index (κ1) is 16.4. The van der Waals surface area contributed by atoms with Crippen LogP contribution in [0.15, 0.2) is 46.3 Å². The Morgan fingerprint density at radius 2 is 2.12 bits per heavy atom. The molecule has 0 saturated heterocycles. The van der Waals surface area contributed by atoms with E-state index in [1.54, 1.807) is 24.3 Å². The number of nitrogens with zero attached hydrogens (tertiary/aromatic N) is 2. The molecule has 3 aromatic rings. The van der Waals surface area contributed by atoms with Crippen molar-refractivity contribution in [3.05, 3.63) is 52.5 Å². The lowest BCUT2D eigenvalue weighted by Gasteiger charge is -2.10. The van der Waals surface area contributed by atoms with Crippen molar-refractivity contribution >= 4 is 23.1 Å². The number of anilines is 1. The van der Waals surface area contributed by atoms with Gasteiger partial charge in [-0.05, 0) is 13.8 Å². The Hall–Kier alpha value is -2.51. The van der Waals surface area contributed by atoms with Gasteiger partial charge in [-0.1, -0.05) is 35.5 Å². The molecule has 0 spiro atoms. The largest absolute Gasteiger partial charge is 0.338 e. The van der Waals surface area contributed by atoms with E-state index in [0.717, 1.165) is 22.0 Å². The van der Waals surface area contributed by atoms with Crippen LogP contribution in [0.3, 0.4) is 0 Å². The van der Waals surface area contributed by atoms with Crippen LogP contribution in [0.25, 0.3) is 11.3 Å². The predicted molar refractivity (Wildman–Crippen MR) is 93.8 cm³/mol. The summed E-state index contributed by atoms with van der Waals surface area (Å²) in [4.78, 5) is 16.5. The SMILES string of the molecule is Cc1cc(NC(=O)CNC(C)c2nc(-c3ccccc3)cs2)on1. The van der Waals surface area contributed by atoms with E-state index in [0.29, 0.717) is 5.88 Å². The highest BCUT2D eigenvalue weighted by atomic mass is 32.1. The molecule has 7 heteroatoms. The number of amides is 1. The van der Waals surface area contributed by atoms with Crippen LogP contribution in [0.5, 0.6) is 0 Å². The van der Waals surface area contributed by atoms with Crippen molar-refractivity contribution in [1.29, 1.82) is 0 Å². The molecule has 1 unspecified atom stereocenters. The van der Waals surface area contributed by atoms with E-state index in [2.05, 4.69) is 20.8 Å². The average molecular weight is 342 g/mol. The van der Waals surface area contributed by atoms with Gasteiger partial charge in [-0.3, -0.25) is 15.4 Å².